The molecule has 9 heteroatoms. The Labute approximate surface area is 231 Å². The average molecular weight is 573 g/mol. The maximum atomic E-state index is 13.1. The van der Waals surface area contributed by atoms with Gasteiger partial charge in [-0.05, 0) is 61.5 Å². The molecular weight excluding hydrogens is 542 g/mol. The van der Waals surface area contributed by atoms with E-state index in [0.29, 0.717) is 17.1 Å². The fourth-order valence-corrected chi connectivity index (χ4v) is 4.84. The number of nitrogens with one attached hydrogen (secondary N) is 2. The first-order valence-electron chi connectivity index (χ1n) is 12.6. The summed E-state index contributed by atoms with van der Waals surface area (Å²) in [4.78, 5) is 30.7. The summed E-state index contributed by atoms with van der Waals surface area (Å²) >= 11 is 3.68. The minimum absolute atomic E-state index is 0.157. The van der Waals surface area contributed by atoms with Crippen LogP contribution in [0.1, 0.15) is 21.5 Å². The lowest BCUT2D eigenvalue weighted by Gasteiger charge is -2.32. The van der Waals surface area contributed by atoms with Crippen LogP contribution in [0.3, 0.4) is 0 Å². The molecule has 1 aliphatic rings. The van der Waals surface area contributed by atoms with Gasteiger partial charge < -0.3 is 15.5 Å². The predicted octanol–water partition coefficient (Wildman–Crippen LogP) is 5.35. The first-order valence-corrected chi connectivity index (χ1v) is 13.3. The SMILES string of the molecule is Cc1ccc(NC(=O)c2ccc(CN3CCN(C)CC3)c(Br)c2)cc1Nc1cccc(-c2cncnc2)n1. The van der Waals surface area contributed by atoms with Crippen LogP contribution >= 0.6 is 15.9 Å². The van der Waals surface area contributed by atoms with Gasteiger partial charge in [-0.15, -0.1) is 0 Å². The molecule has 0 atom stereocenters. The van der Waals surface area contributed by atoms with Crippen molar-refractivity contribution in [2.75, 3.05) is 43.9 Å². The molecule has 1 fully saturated rings. The molecule has 0 aliphatic carbocycles. The summed E-state index contributed by atoms with van der Waals surface area (Å²) < 4.78 is 0.949. The molecule has 0 spiro atoms. The number of halogens is 1. The second-order valence-corrected chi connectivity index (χ2v) is 10.4. The van der Waals surface area contributed by atoms with E-state index >= 15 is 0 Å². The van der Waals surface area contributed by atoms with E-state index in [1.807, 2.05) is 61.5 Å². The molecule has 1 amide bonds. The molecule has 4 aromatic rings. The standard InChI is InChI=1S/C29H30BrN7O/c1-20-6-9-24(15-27(20)35-28-5-3-4-26(34-28)23-16-31-19-32-17-23)33-29(38)21-7-8-22(25(30)14-21)18-37-12-10-36(2)11-13-37/h3-9,14-17,19H,10-13,18H2,1-2H3,(H,33,38)(H,34,35). The van der Waals surface area contributed by atoms with E-state index in [1.54, 1.807) is 12.4 Å². The molecule has 2 aromatic carbocycles. The number of pyridine rings is 1. The van der Waals surface area contributed by atoms with Crippen molar-refractivity contribution in [2.24, 2.45) is 0 Å². The molecule has 1 saturated heterocycles. The Morgan fingerprint density at radius 3 is 2.55 bits per heavy atom. The molecule has 38 heavy (non-hydrogen) atoms. The third-order valence-corrected chi connectivity index (χ3v) is 7.41. The first kappa shape index (κ1) is 26.0. The van der Waals surface area contributed by atoms with Gasteiger partial charge in [-0.1, -0.05) is 34.1 Å². The zero-order valence-electron chi connectivity index (χ0n) is 21.5. The number of carbonyl (C=O) groups is 1. The van der Waals surface area contributed by atoms with E-state index in [4.69, 9.17) is 4.98 Å². The minimum atomic E-state index is -0.157. The Bertz CT molecular complexity index is 1420. The van der Waals surface area contributed by atoms with Crippen molar-refractivity contribution >= 4 is 39.0 Å². The summed E-state index contributed by atoms with van der Waals surface area (Å²) in [7, 11) is 2.16. The number of benzene rings is 2. The van der Waals surface area contributed by atoms with Gasteiger partial charge in [-0.3, -0.25) is 9.69 Å². The molecule has 2 aromatic heterocycles. The monoisotopic (exact) mass is 571 g/mol. The van der Waals surface area contributed by atoms with Gasteiger partial charge in [0.05, 0.1) is 5.69 Å². The number of hydrogen-bond donors (Lipinski definition) is 2. The van der Waals surface area contributed by atoms with E-state index in [1.165, 1.54) is 11.9 Å². The van der Waals surface area contributed by atoms with Crippen LogP contribution in [0, 0.1) is 6.92 Å². The molecule has 5 rings (SSSR count). The minimum Gasteiger partial charge on any atom is -0.340 e. The summed E-state index contributed by atoms with van der Waals surface area (Å²) in [5.41, 5.74) is 6.01. The Kier molecular flexibility index (Phi) is 8.07. The van der Waals surface area contributed by atoms with Gasteiger partial charge >= 0.3 is 0 Å². The van der Waals surface area contributed by atoms with Crippen molar-refractivity contribution in [3.8, 4) is 11.3 Å². The van der Waals surface area contributed by atoms with Crippen LogP contribution in [-0.4, -0.2) is 63.9 Å². The zero-order valence-corrected chi connectivity index (χ0v) is 23.1. The van der Waals surface area contributed by atoms with Crippen molar-refractivity contribution in [1.29, 1.82) is 0 Å². The van der Waals surface area contributed by atoms with Gasteiger partial charge in [0.25, 0.3) is 5.91 Å². The fraction of sp³-hybridized carbons (Fsp3) is 0.241. The molecule has 194 valence electrons. The van der Waals surface area contributed by atoms with Crippen molar-refractivity contribution in [1.82, 2.24) is 24.8 Å². The van der Waals surface area contributed by atoms with Gasteiger partial charge in [-0.25, -0.2) is 15.0 Å². The van der Waals surface area contributed by atoms with Crippen LogP contribution in [-0.2, 0) is 6.54 Å². The molecule has 0 bridgehead atoms. The van der Waals surface area contributed by atoms with E-state index in [2.05, 4.69) is 53.4 Å². The smallest absolute Gasteiger partial charge is 0.255 e. The summed E-state index contributed by atoms with van der Waals surface area (Å²) in [5, 5.41) is 6.40. The Hall–Kier alpha value is -3.66. The zero-order chi connectivity index (χ0) is 26.5. The van der Waals surface area contributed by atoms with E-state index in [-0.39, 0.29) is 5.91 Å². The van der Waals surface area contributed by atoms with Crippen LogP contribution in [0.2, 0.25) is 0 Å². The lowest BCUT2D eigenvalue weighted by Crippen LogP contribution is -2.43. The average Bonchev–Trinajstić information content (AvgIpc) is 2.93. The third kappa shape index (κ3) is 6.42. The summed E-state index contributed by atoms with van der Waals surface area (Å²) in [6, 6.07) is 17.4. The molecule has 0 radical (unpaired) electrons. The van der Waals surface area contributed by atoms with Gasteiger partial charge in [0.1, 0.15) is 12.1 Å². The summed E-state index contributed by atoms with van der Waals surface area (Å²) in [6.45, 7) is 7.14. The number of anilines is 3. The first-order chi connectivity index (χ1) is 18.4. The predicted molar refractivity (Wildman–Crippen MR) is 155 cm³/mol. The molecule has 8 nitrogen and oxygen atoms in total. The highest BCUT2D eigenvalue weighted by Gasteiger charge is 2.16. The van der Waals surface area contributed by atoms with Crippen molar-refractivity contribution in [3.05, 3.63) is 94.5 Å². The number of piperazine rings is 1. The molecular formula is C29H30BrN7O. The summed E-state index contributed by atoms with van der Waals surface area (Å²) in [5.74, 6) is 0.536. The molecule has 2 N–H and O–H groups in total. The molecule has 0 unspecified atom stereocenters. The van der Waals surface area contributed by atoms with E-state index in [9.17, 15) is 4.79 Å². The van der Waals surface area contributed by atoms with Crippen LogP contribution < -0.4 is 10.6 Å². The number of aryl methyl sites for hydroxylation is 1. The quantitative estimate of drug-likeness (QED) is 0.309. The fourth-order valence-electron chi connectivity index (χ4n) is 4.34. The molecule has 3 heterocycles. The second-order valence-electron chi connectivity index (χ2n) is 9.53. The van der Waals surface area contributed by atoms with Crippen LogP contribution in [0.5, 0.6) is 0 Å². The van der Waals surface area contributed by atoms with E-state index in [0.717, 1.165) is 59.7 Å². The number of nitrogens with zero attached hydrogens (tertiary/aromatic N) is 5. The topological polar surface area (TPSA) is 86.3 Å². The number of hydrogen-bond acceptors (Lipinski definition) is 7. The van der Waals surface area contributed by atoms with E-state index < -0.39 is 0 Å². The number of aromatic nitrogens is 3. The van der Waals surface area contributed by atoms with Crippen LogP contribution in [0.15, 0.2) is 77.8 Å². The highest BCUT2D eigenvalue weighted by molar-refractivity contribution is 9.10. The largest absolute Gasteiger partial charge is 0.340 e. The van der Waals surface area contributed by atoms with Crippen molar-refractivity contribution < 1.29 is 4.79 Å². The normalized spacial score (nSPS) is 14.3. The Morgan fingerprint density at radius 1 is 1.00 bits per heavy atom. The number of rotatable bonds is 7. The van der Waals surface area contributed by atoms with Crippen LogP contribution in [0.25, 0.3) is 11.3 Å². The molecule has 0 saturated carbocycles. The van der Waals surface area contributed by atoms with Gasteiger partial charge in [0.2, 0.25) is 0 Å². The maximum Gasteiger partial charge on any atom is 0.255 e. The number of amides is 1. The number of carbonyl (C=O) groups excluding carboxylic acids is 1. The lowest BCUT2D eigenvalue weighted by molar-refractivity contribution is 0.102. The third-order valence-electron chi connectivity index (χ3n) is 6.67. The summed E-state index contributed by atoms with van der Waals surface area (Å²) in [6.07, 6.45) is 4.96. The van der Waals surface area contributed by atoms with Gasteiger partial charge in [-0.2, -0.15) is 0 Å². The maximum absolute atomic E-state index is 13.1. The lowest BCUT2D eigenvalue weighted by atomic mass is 10.1. The van der Waals surface area contributed by atoms with Crippen LogP contribution in [0.4, 0.5) is 17.2 Å². The van der Waals surface area contributed by atoms with Crippen molar-refractivity contribution in [2.45, 2.75) is 13.5 Å². The number of likely N-dealkylation sites (N-methyl/N-ethyl adjacent to an activating group) is 1. The van der Waals surface area contributed by atoms with Gasteiger partial charge in [0, 0.05) is 72.1 Å². The Balaban J connectivity index is 1.26. The van der Waals surface area contributed by atoms with Crippen molar-refractivity contribution in [3.63, 3.8) is 0 Å². The highest BCUT2D eigenvalue weighted by atomic mass is 79.9. The van der Waals surface area contributed by atoms with Gasteiger partial charge in [0.15, 0.2) is 0 Å². The molecule has 1 aliphatic heterocycles. The highest BCUT2D eigenvalue weighted by Crippen LogP contribution is 2.26. The Morgan fingerprint density at radius 2 is 1.79 bits per heavy atom. The second kappa shape index (κ2) is 11.8.